The van der Waals surface area contributed by atoms with E-state index < -0.39 is 0 Å². The Kier molecular flexibility index (Phi) is 3.63. The molecule has 126 valence electrons. The fourth-order valence-electron chi connectivity index (χ4n) is 7.17. The fraction of sp³-hybridized carbons (Fsp3) is 0.727. The molecule has 0 aromatic carbocycles. The van der Waals surface area contributed by atoms with Gasteiger partial charge in [0.05, 0.1) is 6.33 Å². The first-order valence-electron chi connectivity index (χ1n) is 9.71. The third-order valence-corrected chi connectivity index (χ3v) is 8.30. The molecule has 4 aliphatic rings. The summed E-state index contributed by atoms with van der Waals surface area (Å²) in [4.78, 5) is 0. The Balaban J connectivity index is 1.71. The van der Waals surface area contributed by atoms with E-state index in [0.717, 1.165) is 43.0 Å². The van der Waals surface area contributed by atoms with Crippen molar-refractivity contribution in [1.82, 2.24) is 0 Å². The summed E-state index contributed by atoms with van der Waals surface area (Å²) in [5.41, 5.74) is 3.43. The predicted octanol–water partition coefficient (Wildman–Crippen LogP) is 6.60. The van der Waals surface area contributed by atoms with E-state index in [1.807, 2.05) is 0 Å². The molecule has 0 N–H and O–H groups in total. The van der Waals surface area contributed by atoms with Crippen LogP contribution in [-0.4, -0.2) is 0 Å². The molecule has 0 spiro atoms. The van der Waals surface area contributed by atoms with Gasteiger partial charge in [-0.15, -0.1) is 0 Å². The summed E-state index contributed by atoms with van der Waals surface area (Å²) < 4.78 is 13.5. The summed E-state index contributed by atoms with van der Waals surface area (Å²) in [6, 6.07) is 0. The van der Waals surface area contributed by atoms with E-state index in [2.05, 4.69) is 39.0 Å². The van der Waals surface area contributed by atoms with Crippen LogP contribution in [0.1, 0.15) is 65.7 Å². The van der Waals surface area contributed by atoms with Crippen LogP contribution in [0.4, 0.5) is 4.39 Å². The Hall–Kier alpha value is -0.850. The topological polar surface area (TPSA) is 0 Å². The maximum Gasteiger partial charge on any atom is 0.0862 e. The molecule has 4 rings (SSSR count). The molecule has 0 heterocycles. The van der Waals surface area contributed by atoms with Gasteiger partial charge in [0, 0.05) is 5.41 Å². The van der Waals surface area contributed by atoms with Crippen LogP contribution in [0.3, 0.4) is 0 Å². The van der Waals surface area contributed by atoms with Crippen LogP contribution in [-0.2, 0) is 0 Å². The van der Waals surface area contributed by atoms with Crippen molar-refractivity contribution in [2.24, 2.45) is 34.5 Å². The van der Waals surface area contributed by atoms with E-state index in [-0.39, 0.29) is 5.41 Å². The SMILES string of the molecule is CC[C@H]1C(=CF)C[C@H]2[C@@H]3CCC4=CCC=C[C@]4(C)[C@H]3CC[C@]12C. The molecule has 6 atom stereocenters. The molecule has 0 aromatic heterocycles. The van der Waals surface area contributed by atoms with Crippen LogP contribution < -0.4 is 0 Å². The van der Waals surface area contributed by atoms with E-state index in [4.69, 9.17) is 0 Å². The van der Waals surface area contributed by atoms with Gasteiger partial charge in [-0.3, -0.25) is 0 Å². The molecule has 0 nitrogen and oxygen atoms in total. The third-order valence-electron chi connectivity index (χ3n) is 8.30. The largest absolute Gasteiger partial charge is 0.216 e. The number of allylic oxidation sites excluding steroid dienone is 5. The molecule has 0 bridgehead atoms. The van der Waals surface area contributed by atoms with Gasteiger partial charge in [0.25, 0.3) is 0 Å². The molecule has 0 aromatic rings. The highest BCUT2D eigenvalue weighted by Gasteiger charge is 2.59. The van der Waals surface area contributed by atoms with Crippen molar-refractivity contribution in [3.8, 4) is 0 Å². The summed E-state index contributed by atoms with van der Waals surface area (Å²) in [5.74, 6) is 2.73. The second kappa shape index (κ2) is 5.33. The van der Waals surface area contributed by atoms with Crippen molar-refractivity contribution in [2.45, 2.75) is 65.7 Å². The van der Waals surface area contributed by atoms with E-state index in [1.165, 1.54) is 25.7 Å². The standard InChI is InChI=1S/C22H31F/c1-4-18-15(14-23)13-20-17-9-8-16-7-5-6-11-21(16,2)19(17)10-12-22(18,20)3/h6-7,11,14,17-20H,4-5,8-10,12-13H2,1-3H3/t17-,18+,19+,20+,21+,22-/m1/s1. The minimum absolute atomic E-state index is 0.284. The molecule has 0 unspecified atom stereocenters. The Morgan fingerprint density at radius 3 is 2.83 bits per heavy atom. The van der Waals surface area contributed by atoms with E-state index in [0.29, 0.717) is 17.3 Å². The summed E-state index contributed by atoms with van der Waals surface area (Å²) in [7, 11) is 0. The lowest BCUT2D eigenvalue weighted by Gasteiger charge is -2.57. The molecular formula is C22H31F. The van der Waals surface area contributed by atoms with Gasteiger partial charge in [-0.05, 0) is 79.6 Å². The van der Waals surface area contributed by atoms with Crippen LogP contribution in [0.15, 0.2) is 35.7 Å². The molecule has 4 aliphatic carbocycles. The van der Waals surface area contributed by atoms with Crippen LogP contribution in [0.5, 0.6) is 0 Å². The third kappa shape index (κ3) is 2.01. The zero-order valence-electron chi connectivity index (χ0n) is 14.9. The first-order valence-corrected chi connectivity index (χ1v) is 9.71. The minimum Gasteiger partial charge on any atom is -0.216 e. The normalized spacial score (nSPS) is 50.3. The monoisotopic (exact) mass is 314 g/mol. The van der Waals surface area contributed by atoms with Gasteiger partial charge in [0.15, 0.2) is 0 Å². The number of rotatable bonds is 1. The van der Waals surface area contributed by atoms with Gasteiger partial charge < -0.3 is 0 Å². The lowest BCUT2D eigenvalue weighted by molar-refractivity contribution is -0.0334. The smallest absolute Gasteiger partial charge is 0.0862 e. The Morgan fingerprint density at radius 2 is 2.09 bits per heavy atom. The predicted molar refractivity (Wildman–Crippen MR) is 94.6 cm³/mol. The molecule has 0 saturated heterocycles. The van der Waals surface area contributed by atoms with Crippen molar-refractivity contribution >= 4 is 0 Å². The summed E-state index contributed by atoms with van der Waals surface area (Å²) >= 11 is 0. The van der Waals surface area contributed by atoms with E-state index in [1.54, 1.807) is 5.57 Å². The highest BCUT2D eigenvalue weighted by Crippen LogP contribution is 2.67. The highest BCUT2D eigenvalue weighted by atomic mass is 19.1. The zero-order valence-corrected chi connectivity index (χ0v) is 14.9. The van der Waals surface area contributed by atoms with Crippen LogP contribution in [0, 0.1) is 34.5 Å². The molecule has 0 radical (unpaired) electrons. The average molecular weight is 314 g/mol. The first-order chi connectivity index (χ1) is 11.0. The average Bonchev–Trinajstić information content (AvgIpc) is 2.85. The van der Waals surface area contributed by atoms with E-state index >= 15 is 0 Å². The highest BCUT2D eigenvalue weighted by molar-refractivity contribution is 5.32. The second-order valence-corrected chi connectivity index (χ2v) is 8.96. The Labute approximate surface area is 140 Å². The molecule has 23 heavy (non-hydrogen) atoms. The molecule has 1 heteroatoms. The van der Waals surface area contributed by atoms with Crippen molar-refractivity contribution in [3.63, 3.8) is 0 Å². The molecule has 0 amide bonds. The van der Waals surface area contributed by atoms with Crippen molar-refractivity contribution in [1.29, 1.82) is 0 Å². The van der Waals surface area contributed by atoms with Gasteiger partial charge in [0.1, 0.15) is 0 Å². The van der Waals surface area contributed by atoms with Gasteiger partial charge in [-0.2, -0.15) is 0 Å². The molecule has 0 aliphatic heterocycles. The quantitative estimate of drug-likeness (QED) is 0.478. The van der Waals surface area contributed by atoms with Crippen LogP contribution in [0.25, 0.3) is 0 Å². The molecule has 3 fully saturated rings. The van der Waals surface area contributed by atoms with Gasteiger partial charge in [-0.25, -0.2) is 4.39 Å². The minimum atomic E-state index is 0.284. The fourth-order valence-corrected chi connectivity index (χ4v) is 7.17. The summed E-state index contributed by atoms with van der Waals surface area (Å²) in [6.45, 7) is 7.20. The maximum atomic E-state index is 13.5. The lowest BCUT2D eigenvalue weighted by atomic mass is 9.48. The van der Waals surface area contributed by atoms with Gasteiger partial charge in [-0.1, -0.05) is 44.6 Å². The number of hydrogen-bond acceptors (Lipinski definition) is 0. The maximum absolute atomic E-state index is 13.5. The summed E-state index contributed by atoms with van der Waals surface area (Å²) in [5, 5.41) is 0. The van der Waals surface area contributed by atoms with Crippen molar-refractivity contribution < 1.29 is 4.39 Å². The molecule has 3 saturated carbocycles. The number of halogens is 1. The van der Waals surface area contributed by atoms with Crippen molar-refractivity contribution in [2.75, 3.05) is 0 Å². The van der Waals surface area contributed by atoms with E-state index in [9.17, 15) is 4.39 Å². The number of fused-ring (bicyclic) bond motifs is 5. The second-order valence-electron chi connectivity index (χ2n) is 8.96. The van der Waals surface area contributed by atoms with Gasteiger partial charge in [0.2, 0.25) is 0 Å². The summed E-state index contributed by atoms with van der Waals surface area (Å²) in [6.07, 6.45) is 16.8. The van der Waals surface area contributed by atoms with Gasteiger partial charge >= 0.3 is 0 Å². The van der Waals surface area contributed by atoms with Crippen molar-refractivity contribution in [3.05, 3.63) is 35.7 Å². The Morgan fingerprint density at radius 1 is 1.26 bits per heavy atom. The zero-order chi connectivity index (χ0) is 16.2. The number of hydrogen-bond donors (Lipinski definition) is 0. The Bertz CT molecular complexity index is 583. The van der Waals surface area contributed by atoms with Crippen LogP contribution in [0.2, 0.25) is 0 Å². The first kappa shape index (κ1) is 15.7. The lowest BCUT2D eigenvalue weighted by Crippen LogP contribution is -2.49. The molecular weight excluding hydrogens is 283 g/mol. The van der Waals surface area contributed by atoms with Crippen LogP contribution >= 0.6 is 0 Å².